The molecule has 1 aliphatic heterocycles. The lowest BCUT2D eigenvalue weighted by Crippen LogP contribution is -2.37. The van der Waals surface area contributed by atoms with Crippen molar-refractivity contribution in [2.24, 2.45) is 0 Å². The van der Waals surface area contributed by atoms with Gasteiger partial charge in [0.2, 0.25) is 0 Å². The first kappa shape index (κ1) is 9.99. The number of aromatic nitrogens is 2. The van der Waals surface area contributed by atoms with E-state index in [-0.39, 0.29) is 5.54 Å². The zero-order valence-corrected chi connectivity index (χ0v) is 9.97. The molecule has 4 nitrogen and oxygen atoms in total. The van der Waals surface area contributed by atoms with E-state index >= 15 is 0 Å². The van der Waals surface area contributed by atoms with Crippen molar-refractivity contribution in [2.45, 2.75) is 18.9 Å². The van der Waals surface area contributed by atoms with E-state index in [1.54, 1.807) is 17.7 Å². The molecule has 1 aliphatic rings. The van der Waals surface area contributed by atoms with Crippen LogP contribution in [-0.4, -0.2) is 28.6 Å². The third kappa shape index (κ3) is 1.66. The Kier molecular flexibility index (Phi) is 2.29. The molecule has 3 heterocycles. The van der Waals surface area contributed by atoms with Gasteiger partial charge in [-0.15, -0.1) is 11.3 Å². The fourth-order valence-electron chi connectivity index (χ4n) is 2.10. The Morgan fingerprint density at radius 1 is 1.50 bits per heavy atom. The SMILES string of the molecule is CC1(Nc2ncnc3sccc23)CCNC1. The molecule has 2 N–H and O–H groups in total. The molecular weight excluding hydrogens is 220 g/mol. The third-order valence-electron chi connectivity index (χ3n) is 3.05. The fourth-order valence-corrected chi connectivity index (χ4v) is 2.83. The van der Waals surface area contributed by atoms with E-state index in [9.17, 15) is 0 Å². The van der Waals surface area contributed by atoms with E-state index in [0.29, 0.717) is 0 Å². The van der Waals surface area contributed by atoms with Crippen molar-refractivity contribution in [2.75, 3.05) is 18.4 Å². The fraction of sp³-hybridized carbons (Fsp3) is 0.455. The van der Waals surface area contributed by atoms with Crippen LogP contribution in [0.3, 0.4) is 0 Å². The minimum Gasteiger partial charge on any atom is -0.363 e. The summed E-state index contributed by atoms with van der Waals surface area (Å²) in [7, 11) is 0. The molecule has 0 aliphatic carbocycles. The standard InChI is InChI=1S/C11H14N4S/c1-11(3-4-12-6-11)15-9-8-2-5-16-10(8)14-7-13-9/h2,5,7,12H,3-4,6H2,1H3,(H,13,14,15). The lowest BCUT2D eigenvalue weighted by atomic mass is 10.0. The summed E-state index contributed by atoms with van der Waals surface area (Å²) < 4.78 is 0. The molecule has 5 heteroatoms. The Labute approximate surface area is 98.1 Å². The number of hydrogen-bond donors (Lipinski definition) is 2. The van der Waals surface area contributed by atoms with E-state index in [1.165, 1.54) is 0 Å². The van der Waals surface area contributed by atoms with Crippen LogP contribution in [0.1, 0.15) is 13.3 Å². The van der Waals surface area contributed by atoms with Crippen LogP contribution >= 0.6 is 11.3 Å². The topological polar surface area (TPSA) is 49.8 Å². The predicted molar refractivity (Wildman–Crippen MR) is 66.9 cm³/mol. The summed E-state index contributed by atoms with van der Waals surface area (Å²) in [5.41, 5.74) is 0.114. The van der Waals surface area contributed by atoms with Gasteiger partial charge in [-0.05, 0) is 31.3 Å². The van der Waals surface area contributed by atoms with Crippen LogP contribution in [0.2, 0.25) is 0 Å². The Morgan fingerprint density at radius 2 is 2.44 bits per heavy atom. The zero-order valence-electron chi connectivity index (χ0n) is 9.16. The summed E-state index contributed by atoms with van der Waals surface area (Å²) in [5.74, 6) is 0.956. The van der Waals surface area contributed by atoms with E-state index in [4.69, 9.17) is 0 Å². The zero-order chi connectivity index (χ0) is 11.0. The minimum absolute atomic E-state index is 0.114. The molecule has 0 bridgehead atoms. The van der Waals surface area contributed by atoms with Crippen molar-refractivity contribution >= 4 is 27.4 Å². The van der Waals surface area contributed by atoms with Gasteiger partial charge < -0.3 is 10.6 Å². The Hall–Kier alpha value is -1.20. The van der Waals surface area contributed by atoms with Crippen LogP contribution in [-0.2, 0) is 0 Å². The van der Waals surface area contributed by atoms with Crippen molar-refractivity contribution in [3.8, 4) is 0 Å². The number of hydrogen-bond acceptors (Lipinski definition) is 5. The molecule has 2 aromatic rings. The predicted octanol–water partition coefficient (Wildman–Crippen LogP) is 1.86. The maximum atomic E-state index is 4.34. The van der Waals surface area contributed by atoms with Gasteiger partial charge in [-0.2, -0.15) is 0 Å². The molecule has 84 valence electrons. The maximum absolute atomic E-state index is 4.34. The molecule has 2 aromatic heterocycles. The van der Waals surface area contributed by atoms with Gasteiger partial charge in [0.05, 0.1) is 5.39 Å². The van der Waals surface area contributed by atoms with Crippen LogP contribution in [0.4, 0.5) is 5.82 Å². The summed E-state index contributed by atoms with van der Waals surface area (Å²) in [6.45, 7) is 4.29. The van der Waals surface area contributed by atoms with Crippen LogP contribution in [0, 0.1) is 0 Å². The highest BCUT2D eigenvalue weighted by Gasteiger charge is 2.29. The van der Waals surface area contributed by atoms with Crippen LogP contribution in [0.5, 0.6) is 0 Å². The summed E-state index contributed by atoms with van der Waals surface area (Å²) in [6, 6.07) is 2.08. The summed E-state index contributed by atoms with van der Waals surface area (Å²) in [6.07, 6.45) is 2.76. The number of fused-ring (bicyclic) bond motifs is 1. The van der Waals surface area contributed by atoms with E-state index in [1.807, 2.05) is 0 Å². The summed E-state index contributed by atoms with van der Waals surface area (Å²) in [4.78, 5) is 9.64. The van der Waals surface area contributed by atoms with Gasteiger partial charge in [0.15, 0.2) is 0 Å². The highest BCUT2D eigenvalue weighted by atomic mass is 32.1. The van der Waals surface area contributed by atoms with Crippen molar-refractivity contribution in [1.29, 1.82) is 0 Å². The number of nitrogens with zero attached hydrogens (tertiary/aromatic N) is 2. The highest BCUT2D eigenvalue weighted by molar-refractivity contribution is 7.16. The van der Waals surface area contributed by atoms with E-state index in [2.05, 4.69) is 39.0 Å². The molecule has 0 saturated carbocycles. The molecule has 1 atom stereocenters. The largest absolute Gasteiger partial charge is 0.363 e. The third-order valence-corrected chi connectivity index (χ3v) is 3.87. The van der Waals surface area contributed by atoms with Crippen molar-refractivity contribution < 1.29 is 0 Å². The van der Waals surface area contributed by atoms with Crippen LogP contribution < -0.4 is 10.6 Å². The number of nitrogens with one attached hydrogen (secondary N) is 2. The Morgan fingerprint density at radius 3 is 3.25 bits per heavy atom. The Balaban J connectivity index is 1.96. The molecule has 0 radical (unpaired) electrons. The lowest BCUT2D eigenvalue weighted by Gasteiger charge is -2.25. The average molecular weight is 234 g/mol. The first-order valence-electron chi connectivity index (χ1n) is 5.44. The van der Waals surface area contributed by atoms with Gasteiger partial charge in [0.1, 0.15) is 17.0 Å². The van der Waals surface area contributed by atoms with E-state index in [0.717, 1.165) is 35.5 Å². The van der Waals surface area contributed by atoms with Gasteiger partial charge in [-0.1, -0.05) is 0 Å². The molecule has 0 aromatic carbocycles. The second kappa shape index (κ2) is 3.68. The number of anilines is 1. The second-order valence-corrected chi connectivity index (χ2v) is 5.37. The lowest BCUT2D eigenvalue weighted by molar-refractivity contribution is 0.565. The highest BCUT2D eigenvalue weighted by Crippen LogP contribution is 2.27. The Bertz CT molecular complexity index is 501. The van der Waals surface area contributed by atoms with Gasteiger partial charge >= 0.3 is 0 Å². The molecular formula is C11H14N4S. The normalized spacial score (nSPS) is 25.1. The van der Waals surface area contributed by atoms with Crippen molar-refractivity contribution in [3.63, 3.8) is 0 Å². The smallest absolute Gasteiger partial charge is 0.138 e. The molecule has 0 amide bonds. The summed E-state index contributed by atoms with van der Waals surface area (Å²) >= 11 is 1.65. The molecule has 16 heavy (non-hydrogen) atoms. The van der Waals surface area contributed by atoms with Gasteiger partial charge in [-0.3, -0.25) is 0 Å². The maximum Gasteiger partial charge on any atom is 0.138 e. The molecule has 1 saturated heterocycles. The molecule has 1 unspecified atom stereocenters. The van der Waals surface area contributed by atoms with Gasteiger partial charge in [-0.25, -0.2) is 9.97 Å². The van der Waals surface area contributed by atoms with E-state index < -0.39 is 0 Å². The molecule has 1 fully saturated rings. The van der Waals surface area contributed by atoms with Crippen molar-refractivity contribution in [3.05, 3.63) is 17.8 Å². The summed E-state index contributed by atoms with van der Waals surface area (Å²) in [5, 5.41) is 10.1. The first-order chi connectivity index (χ1) is 7.77. The van der Waals surface area contributed by atoms with Crippen LogP contribution in [0.15, 0.2) is 17.8 Å². The number of rotatable bonds is 2. The monoisotopic (exact) mass is 234 g/mol. The number of thiophene rings is 1. The van der Waals surface area contributed by atoms with Gasteiger partial charge in [0.25, 0.3) is 0 Å². The second-order valence-electron chi connectivity index (χ2n) is 4.47. The molecule has 3 rings (SSSR count). The minimum atomic E-state index is 0.114. The van der Waals surface area contributed by atoms with Crippen LogP contribution in [0.25, 0.3) is 10.2 Å². The molecule has 0 spiro atoms. The average Bonchev–Trinajstić information content (AvgIpc) is 2.87. The quantitative estimate of drug-likeness (QED) is 0.832. The first-order valence-corrected chi connectivity index (χ1v) is 6.32. The van der Waals surface area contributed by atoms with Crippen molar-refractivity contribution in [1.82, 2.24) is 15.3 Å². The van der Waals surface area contributed by atoms with Gasteiger partial charge in [0, 0.05) is 12.1 Å².